The van der Waals surface area contributed by atoms with E-state index in [0.29, 0.717) is 5.92 Å². The number of ether oxygens (including phenoxy) is 2. The van der Waals surface area contributed by atoms with Crippen LogP contribution in [-0.2, 0) is 4.74 Å². The van der Waals surface area contributed by atoms with Gasteiger partial charge in [-0.05, 0) is 45.6 Å². The molecular weight excluding hydrogens is 331 g/mol. The normalized spacial score (nSPS) is 43.0. The van der Waals surface area contributed by atoms with Crippen LogP contribution in [0.5, 0.6) is 5.75 Å². The summed E-state index contributed by atoms with van der Waals surface area (Å²) in [5.41, 5.74) is 0.657. The molecule has 3 aliphatic rings. The summed E-state index contributed by atoms with van der Waals surface area (Å²) in [6, 6.07) is 8.23. The number of para-hydroxylation sites is 1. The Morgan fingerprint density at radius 2 is 1.78 bits per heavy atom. The van der Waals surface area contributed by atoms with Crippen LogP contribution in [0.4, 0.5) is 0 Å². The molecule has 2 fully saturated rings. The highest BCUT2D eigenvalue weighted by Crippen LogP contribution is 2.67. The van der Waals surface area contributed by atoms with Gasteiger partial charge in [-0.1, -0.05) is 25.1 Å². The number of hydrogen-bond donors (Lipinski definition) is 0. The first-order valence-corrected chi connectivity index (χ1v) is 9.26. The highest BCUT2D eigenvalue weighted by molar-refractivity contribution is 6.51. The fourth-order valence-corrected chi connectivity index (χ4v) is 5.79. The van der Waals surface area contributed by atoms with Crippen LogP contribution in [0, 0.1) is 17.8 Å². The molecule has 2 nitrogen and oxygen atoms in total. The lowest BCUT2D eigenvalue weighted by atomic mass is 9.72. The number of rotatable bonds is 1. The Hall–Kier alpha value is -0.440. The van der Waals surface area contributed by atoms with Crippen LogP contribution in [0.25, 0.3) is 0 Å². The largest absolute Gasteiger partial charge is 0.487 e. The van der Waals surface area contributed by atoms with Crippen LogP contribution in [0.1, 0.15) is 52.2 Å². The Labute approximate surface area is 148 Å². The molecule has 1 saturated carbocycles. The summed E-state index contributed by atoms with van der Waals surface area (Å²) < 4.78 is 12.3. The summed E-state index contributed by atoms with van der Waals surface area (Å²) in [5.74, 6) is 1.75. The lowest BCUT2D eigenvalue weighted by Gasteiger charge is -2.52. The Morgan fingerprint density at radius 1 is 1.13 bits per heavy atom. The van der Waals surface area contributed by atoms with Crippen molar-refractivity contribution in [3.05, 3.63) is 29.8 Å². The molecule has 126 valence electrons. The second-order valence-electron chi connectivity index (χ2n) is 8.18. The first kappa shape index (κ1) is 16.1. The van der Waals surface area contributed by atoms with Crippen molar-refractivity contribution >= 4 is 23.2 Å². The Bertz CT molecular complexity index is 642. The molecule has 5 atom stereocenters. The van der Waals surface area contributed by atoms with Gasteiger partial charge in [-0.2, -0.15) is 0 Å². The SMILES string of the molecule is C[C@H]1[C@@H]([C@@]2(C)CC[C@@H]3[C@@H](O2)c2ccccc2OC3(C)C)C1(Cl)Cl. The summed E-state index contributed by atoms with van der Waals surface area (Å²) in [7, 11) is 0. The Morgan fingerprint density at radius 3 is 2.43 bits per heavy atom. The van der Waals surface area contributed by atoms with Gasteiger partial charge in [0, 0.05) is 17.4 Å². The lowest BCUT2D eigenvalue weighted by molar-refractivity contribution is -0.199. The third kappa shape index (κ3) is 2.25. The average molecular weight is 355 g/mol. The van der Waals surface area contributed by atoms with Crippen LogP contribution in [0.2, 0.25) is 0 Å². The lowest BCUT2D eigenvalue weighted by Crippen LogP contribution is -2.52. The fourth-order valence-electron chi connectivity index (χ4n) is 4.83. The molecule has 0 aromatic heterocycles. The van der Waals surface area contributed by atoms with Gasteiger partial charge in [-0.25, -0.2) is 0 Å². The molecule has 4 rings (SSSR count). The van der Waals surface area contributed by atoms with Crippen molar-refractivity contribution in [1.82, 2.24) is 0 Å². The second-order valence-corrected chi connectivity index (χ2v) is 9.62. The fraction of sp³-hybridized carbons (Fsp3) is 0.684. The first-order valence-electron chi connectivity index (χ1n) is 8.50. The Balaban J connectivity index is 1.71. The van der Waals surface area contributed by atoms with Crippen molar-refractivity contribution in [1.29, 1.82) is 0 Å². The van der Waals surface area contributed by atoms with Crippen molar-refractivity contribution in [3.8, 4) is 5.75 Å². The van der Waals surface area contributed by atoms with E-state index < -0.39 is 4.33 Å². The zero-order valence-corrected chi connectivity index (χ0v) is 15.6. The Kier molecular flexibility index (Phi) is 3.35. The molecule has 4 heteroatoms. The number of fused-ring (bicyclic) bond motifs is 3. The third-order valence-corrected chi connectivity index (χ3v) is 7.43. The smallest absolute Gasteiger partial charge is 0.127 e. The van der Waals surface area contributed by atoms with Gasteiger partial charge in [0.15, 0.2) is 0 Å². The second kappa shape index (κ2) is 4.80. The van der Waals surface area contributed by atoms with Gasteiger partial charge in [0.2, 0.25) is 0 Å². The minimum absolute atomic E-state index is 0.0469. The molecular formula is C19H24Cl2O2. The van der Waals surface area contributed by atoms with Crippen molar-refractivity contribution < 1.29 is 9.47 Å². The quantitative estimate of drug-likeness (QED) is 0.617. The molecule has 0 amide bonds. The maximum Gasteiger partial charge on any atom is 0.127 e. The summed E-state index contributed by atoms with van der Waals surface area (Å²) in [5, 5.41) is 0. The summed E-state index contributed by atoms with van der Waals surface area (Å²) >= 11 is 12.9. The van der Waals surface area contributed by atoms with Crippen LogP contribution in [0.15, 0.2) is 24.3 Å². The van der Waals surface area contributed by atoms with Crippen LogP contribution < -0.4 is 4.74 Å². The number of halogens is 2. The van der Waals surface area contributed by atoms with Crippen LogP contribution in [-0.4, -0.2) is 15.5 Å². The van der Waals surface area contributed by atoms with Crippen molar-refractivity contribution in [2.45, 2.75) is 62.2 Å². The minimum atomic E-state index is -0.651. The molecule has 0 N–H and O–H groups in total. The average Bonchev–Trinajstić information content (AvgIpc) is 2.97. The topological polar surface area (TPSA) is 18.5 Å². The zero-order valence-electron chi connectivity index (χ0n) is 14.1. The predicted molar refractivity (Wildman–Crippen MR) is 93.2 cm³/mol. The molecule has 23 heavy (non-hydrogen) atoms. The maximum absolute atomic E-state index is 6.72. The van der Waals surface area contributed by atoms with E-state index in [1.165, 1.54) is 0 Å². The van der Waals surface area contributed by atoms with Gasteiger partial charge < -0.3 is 9.47 Å². The van der Waals surface area contributed by atoms with E-state index in [-0.39, 0.29) is 29.1 Å². The van der Waals surface area contributed by atoms with E-state index in [1.54, 1.807) is 0 Å². The highest BCUT2D eigenvalue weighted by Gasteiger charge is 2.69. The molecule has 2 heterocycles. The van der Waals surface area contributed by atoms with E-state index >= 15 is 0 Å². The van der Waals surface area contributed by atoms with Gasteiger partial charge in [0.1, 0.15) is 15.7 Å². The third-order valence-electron chi connectivity index (χ3n) is 6.28. The molecule has 0 unspecified atom stereocenters. The molecule has 0 bridgehead atoms. The van der Waals surface area contributed by atoms with Crippen LogP contribution >= 0.6 is 23.2 Å². The molecule has 1 aromatic rings. The predicted octanol–water partition coefficient (Wildman–Crippen LogP) is 5.52. The van der Waals surface area contributed by atoms with Crippen molar-refractivity contribution in [2.24, 2.45) is 17.8 Å². The standard InChI is InChI=1S/C19H24Cl2O2/c1-11-16(19(11,20)21)18(4)10-9-13-15(23-18)12-7-5-6-8-14(12)22-17(13,2)3/h5-8,11,13,15-16H,9-10H2,1-4H3/t11-,13+,15-,16-,18+/m0/s1. The molecule has 2 aliphatic heterocycles. The van der Waals surface area contributed by atoms with Gasteiger partial charge in [0.25, 0.3) is 0 Å². The molecule has 0 spiro atoms. The van der Waals surface area contributed by atoms with E-state index in [4.69, 9.17) is 32.7 Å². The maximum atomic E-state index is 6.72. The van der Waals surface area contributed by atoms with Crippen molar-refractivity contribution in [3.63, 3.8) is 0 Å². The minimum Gasteiger partial charge on any atom is -0.487 e. The molecule has 1 saturated heterocycles. The monoisotopic (exact) mass is 354 g/mol. The number of benzene rings is 1. The van der Waals surface area contributed by atoms with Gasteiger partial charge in [0.05, 0.1) is 11.7 Å². The molecule has 1 aromatic carbocycles. The summed E-state index contributed by atoms with van der Waals surface area (Å²) in [6.07, 6.45) is 2.08. The van der Waals surface area contributed by atoms with E-state index in [2.05, 4.69) is 39.8 Å². The van der Waals surface area contributed by atoms with Crippen LogP contribution in [0.3, 0.4) is 0 Å². The first-order chi connectivity index (χ1) is 10.7. The molecule has 0 radical (unpaired) electrons. The number of alkyl halides is 2. The molecule has 1 aliphatic carbocycles. The zero-order chi connectivity index (χ0) is 16.6. The van der Waals surface area contributed by atoms with E-state index in [1.807, 2.05) is 12.1 Å². The summed E-state index contributed by atoms with van der Waals surface area (Å²) in [4.78, 5) is 0. The van der Waals surface area contributed by atoms with Gasteiger partial charge in [-0.15, -0.1) is 23.2 Å². The van der Waals surface area contributed by atoms with Crippen molar-refractivity contribution in [2.75, 3.05) is 0 Å². The summed E-state index contributed by atoms with van der Waals surface area (Å²) in [6.45, 7) is 8.63. The van der Waals surface area contributed by atoms with Gasteiger partial charge >= 0.3 is 0 Å². The van der Waals surface area contributed by atoms with E-state index in [0.717, 1.165) is 24.2 Å². The highest BCUT2D eigenvalue weighted by atomic mass is 35.5. The number of hydrogen-bond acceptors (Lipinski definition) is 2. The van der Waals surface area contributed by atoms with E-state index in [9.17, 15) is 0 Å². The van der Waals surface area contributed by atoms with Gasteiger partial charge in [-0.3, -0.25) is 0 Å².